The lowest BCUT2D eigenvalue weighted by atomic mass is 10.2. The number of thiocarbonyl (C=S) groups is 1. The molecule has 1 heterocycles. The van der Waals surface area contributed by atoms with Crippen LogP contribution in [0, 0.1) is 13.8 Å². The Bertz CT molecular complexity index is 966. The smallest absolute Gasteiger partial charge is 0.191 e. The van der Waals surface area contributed by atoms with Gasteiger partial charge in [-0.05, 0) is 50.3 Å². The van der Waals surface area contributed by atoms with E-state index in [0.29, 0.717) is 10.9 Å². The molecule has 27 heavy (non-hydrogen) atoms. The monoisotopic (exact) mass is 379 g/mol. The Labute approximate surface area is 163 Å². The number of aryl methyl sites for hydroxylation is 1. The molecule has 1 aromatic heterocycles. The van der Waals surface area contributed by atoms with Crippen LogP contribution in [0.2, 0.25) is 0 Å². The highest BCUT2D eigenvalue weighted by Crippen LogP contribution is 2.22. The second kappa shape index (κ2) is 8.46. The van der Waals surface area contributed by atoms with Gasteiger partial charge in [-0.3, -0.25) is 5.43 Å². The van der Waals surface area contributed by atoms with Gasteiger partial charge in [0.25, 0.3) is 0 Å². The van der Waals surface area contributed by atoms with Crippen molar-refractivity contribution in [3.8, 4) is 11.4 Å². The van der Waals surface area contributed by atoms with E-state index in [9.17, 15) is 0 Å². The molecule has 0 radical (unpaired) electrons. The molecule has 6 nitrogen and oxygen atoms in total. The Hall–Kier alpha value is -3.19. The molecule has 7 heteroatoms. The number of rotatable bonds is 5. The summed E-state index contributed by atoms with van der Waals surface area (Å²) in [5.74, 6) is 0.710. The van der Waals surface area contributed by atoms with Crippen LogP contribution in [0.3, 0.4) is 0 Å². The Kier molecular flexibility index (Phi) is 5.83. The first kappa shape index (κ1) is 18.6. The van der Waals surface area contributed by atoms with Crippen molar-refractivity contribution < 1.29 is 4.74 Å². The molecule has 0 bridgehead atoms. The zero-order chi connectivity index (χ0) is 19.2. The van der Waals surface area contributed by atoms with Crippen molar-refractivity contribution in [1.29, 1.82) is 0 Å². The molecule has 2 N–H and O–H groups in total. The minimum Gasteiger partial charge on any atom is -0.495 e. The summed E-state index contributed by atoms with van der Waals surface area (Å²) in [5.41, 5.74) is 7.47. The Morgan fingerprint density at radius 2 is 1.81 bits per heavy atom. The number of methoxy groups -OCH3 is 1. The van der Waals surface area contributed by atoms with Gasteiger partial charge in [0.1, 0.15) is 5.75 Å². The van der Waals surface area contributed by atoms with E-state index in [2.05, 4.69) is 20.9 Å². The molecule has 0 atom stereocenters. The van der Waals surface area contributed by atoms with Crippen LogP contribution in [-0.4, -0.2) is 28.2 Å². The average Bonchev–Trinajstić information content (AvgIpc) is 2.97. The maximum absolute atomic E-state index is 5.30. The fourth-order valence-corrected chi connectivity index (χ4v) is 2.88. The van der Waals surface area contributed by atoms with E-state index in [1.54, 1.807) is 13.3 Å². The van der Waals surface area contributed by atoms with Crippen LogP contribution in [0.15, 0.2) is 59.7 Å². The van der Waals surface area contributed by atoms with Gasteiger partial charge in [0.05, 0.1) is 36.1 Å². The molecule has 138 valence electrons. The van der Waals surface area contributed by atoms with Gasteiger partial charge in [-0.1, -0.05) is 30.3 Å². The van der Waals surface area contributed by atoms with Gasteiger partial charge in [-0.25, -0.2) is 4.68 Å². The average molecular weight is 379 g/mol. The molecule has 0 unspecified atom stereocenters. The highest BCUT2D eigenvalue weighted by Gasteiger charge is 2.11. The van der Waals surface area contributed by atoms with E-state index in [1.807, 2.05) is 73.1 Å². The molecule has 0 aliphatic heterocycles. The number of nitrogens with zero attached hydrogens (tertiary/aromatic N) is 3. The SMILES string of the molecule is COc1ccccc1NC(=S)NN=Cc1c(C)nn(-c2ccccc2)c1C. The van der Waals surface area contributed by atoms with Crippen LogP contribution >= 0.6 is 12.2 Å². The molecule has 0 saturated carbocycles. The molecule has 2 aromatic carbocycles. The summed E-state index contributed by atoms with van der Waals surface area (Å²) < 4.78 is 7.20. The third kappa shape index (κ3) is 4.32. The van der Waals surface area contributed by atoms with Crippen LogP contribution < -0.4 is 15.5 Å². The maximum atomic E-state index is 5.30. The van der Waals surface area contributed by atoms with E-state index in [1.165, 1.54) is 0 Å². The molecular formula is C20H21N5OS. The fourth-order valence-electron chi connectivity index (χ4n) is 2.72. The predicted octanol–water partition coefficient (Wildman–Crippen LogP) is 3.82. The number of hydrazone groups is 1. The molecule has 0 saturated heterocycles. The van der Waals surface area contributed by atoms with Crippen molar-refractivity contribution in [3.05, 3.63) is 71.5 Å². The summed E-state index contributed by atoms with van der Waals surface area (Å²) in [4.78, 5) is 0. The summed E-state index contributed by atoms with van der Waals surface area (Å²) in [6, 6.07) is 17.5. The van der Waals surface area contributed by atoms with Crippen LogP contribution in [0.5, 0.6) is 5.75 Å². The first-order chi connectivity index (χ1) is 13.1. The lowest BCUT2D eigenvalue weighted by Gasteiger charge is -2.10. The number of hydrogen-bond donors (Lipinski definition) is 2. The van der Waals surface area contributed by atoms with Gasteiger partial charge in [-0.2, -0.15) is 10.2 Å². The number of anilines is 1. The van der Waals surface area contributed by atoms with Gasteiger partial charge in [0, 0.05) is 5.56 Å². The van der Waals surface area contributed by atoms with Gasteiger partial charge in [0.2, 0.25) is 0 Å². The Morgan fingerprint density at radius 1 is 1.11 bits per heavy atom. The number of para-hydroxylation sites is 3. The molecule has 3 rings (SSSR count). The van der Waals surface area contributed by atoms with Gasteiger partial charge in [0.15, 0.2) is 5.11 Å². The zero-order valence-corrected chi connectivity index (χ0v) is 16.2. The summed E-state index contributed by atoms with van der Waals surface area (Å²) >= 11 is 5.29. The normalized spacial score (nSPS) is 10.8. The number of aromatic nitrogens is 2. The van der Waals surface area contributed by atoms with E-state index in [-0.39, 0.29) is 0 Å². The molecule has 0 spiro atoms. The van der Waals surface area contributed by atoms with Crippen LogP contribution in [0.4, 0.5) is 5.69 Å². The standard InChI is InChI=1S/C20H21N5OS/c1-14-17(15(2)25(24-14)16-9-5-4-6-10-16)13-21-23-20(27)22-18-11-7-8-12-19(18)26-3/h4-13H,1-3H3,(H2,22,23,27). The molecule has 0 amide bonds. The van der Waals surface area contributed by atoms with Gasteiger partial charge < -0.3 is 10.1 Å². The third-order valence-corrected chi connectivity index (χ3v) is 4.26. The predicted molar refractivity (Wildman–Crippen MR) is 113 cm³/mol. The second-order valence-electron chi connectivity index (χ2n) is 5.86. The molecule has 0 aliphatic carbocycles. The topological polar surface area (TPSA) is 63.5 Å². The third-order valence-electron chi connectivity index (χ3n) is 4.06. The molecule has 3 aromatic rings. The lowest BCUT2D eigenvalue weighted by Crippen LogP contribution is -2.24. The van der Waals surface area contributed by atoms with Crippen molar-refractivity contribution in [3.63, 3.8) is 0 Å². The first-order valence-corrected chi connectivity index (χ1v) is 8.85. The van der Waals surface area contributed by atoms with Crippen molar-refractivity contribution in [1.82, 2.24) is 15.2 Å². The fraction of sp³-hybridized carbons (Fsp3) is 0.150. The Balaban J connectivity index is 1.70. The maximum Gasteiger partial charge on any atom is 0.191 e. The molecule has 0 aliphatic rings. The van der Waals surface area contributed by atoms with Crippen molar-refractivity contribution in [2.24, 2.45) is 5.10 Å². The summed E-state index contributed by atoms with van der Waals surface area (Å²) in [6.45, 7) is 3.97. The second-order valence-corrected chi connectivity index (χ2v) is 6.26. The number of nitrogens with one attached hydrogen (secondary N) is 2. The van der Waals surface area contributed by atoms with Crippen molar-refractivity contribution in [2.75, 3.05) is 12.4 Å². The van der Waals surface area contributed by atoms with Gasteiger partial charge in [-0.15, -0.1) is 0 Å². The number of hydrogen-bond acceptors (Lipinski definition) is 4. The largest absolute Gasteiger partial charge is 0.495 e. The van der Waals surface area contributed by atoms with E-state index >= 15 is 0 Å². The van der Waals surface area contributed by atoms with Crippen LogP contribution in [0.1, 0.15) is 17.0 Å². The quantitative estimate of drug-likeness (QED) is 0.401. The zero-order valence-electron chi connectivity index (χ0n) is 15.4. The summed E-state index contributed by atoms with van der Waals surface area (Å²) in [5, 5.41) is 12.3. The highest BCUT2D eigenvalue weighted by molar-refractivity contribution is 7.80. The first-order valence-electron chi connectivity index (χ1n) is 8.45. The minimum absolute atomic E-state index is 0.376. The molecular weight excluding hydrogens is 358 g/mol. The molecule has 0 fully saturated rings. The lowest BCUT2D eigenvalue weighted by molar-refractivity contribution is 0.417. The highest BCUT2D eigenvalue weighted by atomic mass is 32.1. The van der Waals surface area contributed by atoms with Gasteiger partial charge >= 0.3 is 0 Å². The van der Waals surface area contributed by atoms with Crippen LogP contribution in [0.25, 0.3) is 5.69 Å². The van der Waals surface area contributed by atoms with E-state index < -0.39 is 0 Å². The van der Waals surface area contributed by atoms with E-state index in [4.69, 9.17) is 17.0 Å². The Morgan fingerprint density at radius 3 is 2.56 bits per heavy atom. The summed E-state index contributed by atoms with van der Waals surface area (Å²) in [7, 11) is 1.62. The number of benzene rings is 2. The van der Waals surface area contributed by atoms with E-state index in [0.717, 1.165) is 28.3 Å². The minimum atomic E-state index is 0.376. The van der Waals surface area contributed by atoms with Crippen LogP contribution in [-0.2, 0) is 0 Å². The summed E-state index contributed by atoms with van der Waals surface area (Å²) in [6.07, 6.45) is 1.73. The van der Waals surface area contributed by atoms with Crippen molar-refractivity contribution in [2.45, 2.75) is 13.8 Å². The number of ether oxygens (including phenoxy) is 1. The van der Waals surface area contributed by atoms with Crippen molar-refractivity contribution >= 4 is 29.2 Å².